The van der Waals surface area contributed by atoms with Crippen molar-refractivity contribution in [2.24, 2.45) is 0 Å². The van der Waals surface area contributed by atoms with Gasteiger partial charge < -0.3 is 10.1 Å². The second kappa shape index (κ2) is 7.33. The average molecular weight is 265 g/mol. The van der Waals surface area contributed by atoms with Gasteiger partial charge in [-0.2, -0.15) is 0 Å². The Labute approximate surface area is 103 Å². The Hall–Kier alpha value is -1.14. The van der Waals surface area contributed by atoms with E-state index in [1.807, 2.05) is 0 Å². The van der Waals surface area contributed by atoms with E-state index in [0.717, 1.165) is 6.07 Å². The van der Waals surface area contributed by atoms with E-state index < -0.39 is 24.7 Å². The molecule has 2 nitrogen and oxygen atoms in total. The normalized spacial score (nSPS) is 13.0. The Morgan fingerprint density at radius 2 is 1.78 bits per heavy atom. The molecule has 0 aliphatic rings. The standard InChI is InChI=1S/C12H15F4NO/c1-8(17-2-3-18-7-12(15)16)9-4-10(13)6-11(14)5-9/h4-6,8,12,17H,2-3,7H2,1H3. The number of nitrogens with one attached hydrogen (secondary N) is 1. The molecule has 1 rings (SSSR count). The van der Waals surface area contributed by atoms with Gasteiger partial charge in [-0.05, 0) is 24.6 Å². The van der Waals surface area contributed by atoms with Crippen LogP contribution in [0.3, 0.4) is 0 Å². The third kappa shape index (κ3) is 5.46. The Kier molecular flexibility index (Phi) is 6.07. The summed E-state index contributed by atoms with van der Waals surface area (Å²) in [4.78, 5) is 0. The van der Waals surface area contributed by atoms with Crippen LogP contribution in [0.1, 0.15) is 18.5 Å². The van der Waals surface area contributed by atoms with Crippen LogP contribution in [0.2, 0.25) is 0 Å². The van der Waals surface area contributed by atoms with Gasteiger partial charge in [0.2, 0.25) is 0 Å². The number of benzene rings is 1. The molecule has 1 aromatic carbocycles. The van der Waals surface area contributed by atoms with Crippen molar-refractivity contribution >= 4 is 0 Å². The number of ether oxygens (including phenoxy) is 1. The van der Waals surface area contributed by atoms with Crippen molar-refractivity contribution in [3.05, 3.63) is 35.4 Å². The lowest BCUT2D eigenvalue weighted by molar-refractivity contribution is 0.0183. The van der Waals surface area contributed by atoms with E-state index in [9.17, 15) is 17.6 Å². The van der Waals surface area contributed by atoms with Crippen molar-refractivity contribution < 1.29 is 22.3 Å². The maximum absolute atomic E-state index is 12.9. The van der Waals surface area contributed by atoms with Gasteiger partial charge in [0.15, 0.2) is 0 Å². The summed E-state index contributed by atoms with van der Waals surface area (Å²) in [6, 6.07) is 2.95. The fourth-order valence-corrected chi connectivity index (χ4v) is 1.46. The van der Waals surface area contributed by atoms with E-state index in [2.05, 4.69) is 10.1 Å². The molecule has 1 atom stereocenters. The number of hydrogen-bond acceptors (Lipinski definition) is 2. The minimum Gasteiger partial charge on any atom is -0.374 e. The summed E-state index contributed by atoms with van der Waals surface area (Å²) in [6.07, 6.45) is -2.49. The first-order chi connectivity index (χ1) is 8.49. The Balaban J connectivity index is 2.34. The molecule has 0 saturated heterocycles. The molecule has 102 valence electrons. The zero-order chi connectivity index (χ0) is 13.5. The largest absolute Gasteiger partial charge is 0.374 e. The highest BCUT2D eigenvalue weighted by atomic mass is 19.3. The summed E-state index contributed by atoms with van der Waals surface area (Å²) in [5, 5.41) is 2.92. The van der Waals surface area contributed by atoms with Gasteiger partial charge in [-0.15, -0.1) is 0 Å². The summed E-state index contributed by atoms with van der Waals surface area (Å²) >= 11 is 0. The van der Waals surface area contributed by atoms with Gasteiger partial charge in [0.1, 0.15) is 18.2 Å². The van der Waals surface area contributed by atoms with Gasteiger partial charge in [0.25, 0.3) is 6.43 Å². The first-order valence-corrected chi connectivity index (χ1v) is 5.54. The number of hydrogen-bond donors (Lipinski definition) is 1. The van der Waals surface area contributed by atoms with Crippen LogP contribution in [0, 0.1) is 11.6 Å². The molecular weight excluding hydrogens is 250 g/mol. The maximum atomic E-state index is 12.9. The topological polar surface area (TPSA) is 21.3 Å². The van der Waals surface area contributed by atoms with E-state index in [1.54, 1.807) is 6.92 Å². The van der Waals surface area contributed by atoms with E-state index >= 15 is 0 Å². The molecule has 0 heterocycles. The third-order valence-electron chi connectivity index (χ3n) is 2.33. The smallest absolute Gasteiger partial charge is 0.261 e. The quantitative estimate of drug-likeness (QED) is 0.604. The lowest BCUT2D eigenvalue weighted by Crippen LogP contribution is -2.24. The van der Waals surface area contributed by atoms with E-state index in [-0.39, 0.29) is 12.6 Å². The van der Waals surface area contributed by atoms with Crippen LogP contribution in [-0.4, -0.2) is 26.2 Å². The molecule has 1 unspecified atom stereocenters. The van der Waals surface area contributed by atoms with Crippen molar-refractivity contribution in [2.45, 2.75) is 19.4 Å². The molecule has 0 spiro atoms. The van der Waals surface area contributed by atoms with Crippen molar-refractivity contribution in [1.29, 1.82) is 0 Å². The Morgan fingerprint density at radius 3 is 2.33 bits per heavy atom. The molecule has 0 aromatic heterocycles. The zero-order valence-electron chi connectivity index (χ0n) is 9.93. The summed E-state index contributed by atoms with van der Waals surface area (Å²) < 4.78 is 54.0. The summed E-state index contributed by atoms with van der Waals surface area (Å²) in [7, 11) is 0. The van der Waals surface area contributed by atoms with Gasteiger partial charge in [-0.25, -0.2) is 17.6 Å². The Bertz CT molecular complexity index is 353. The lowest BCUT2D eigenvalue weighted by atomic mass is 10.1. The highest BCUT2D eigenvalue weighted by molar-refractivity contribution is 5.20. The summed E-state index contributed by atoms with van der Waals surface area (Å²) in [5.74, 6) is -1.29. The van der Waals surface area contributed by atoms with Gasteiger partial charge in [0.05, 0.1) is 6.61 Å². The summed E-state index contributed by atoms with van der Waals surface area (Å²) in [5.41, 5.74) is 0.460. The number of alkyl halides is 2. The molecule has 0 fully saturated rings. The second-order valence-electron chi connectivity index (χ2n) is 3.84. The molecule has 0 bridgehead atoms. The predicted molar refractivity (Wildman–Crippen MR) is 59.6 cm³/mol. The van der Waals surface area contributed by atoms with E-state index in [4.69, 9.17) is 0 Å². The lowest BCUT2D eigenvalue weighted by Gasteiger charge is -2.14. The monoisotopic (exact) mass is 265 g/mol. The summed E-state index contributed by atoms with van der Waals surface area (Å²) in [6.45, 7) is 1.56. The SMILES string of the molecule is CC(NCCOCC(F)F)c1cc(F)cc(F)c1. The maximum Gasteiger partial charge on any atom is 0.261 e. The molecule has 1 N–H and O–H groups in total. The molecule has 18 heavy (non-hydrogen) atoms. The van der Waals surface area contributed by atoms with E-state index in [1.165, 1.54) is 12.1 Å². The minimum absolute atomic E-state index is 0.118. The van der Waals surface area contributed by atoms with Gasteiger partial charge >= 0.3 is 0 Å². The van der Waals surface area contributed by atoms with Crippen LogP contribution in [0.25, 0.3) is 0 Å². The van der Waals surface area contributed by atoms with Crippen molar-refractivity contribution in [2.75, 3.05) is 19.8 Å². The molecule has 0 amide bonds. The number of halogens is 4. The fraction of sp³-hybridized carbons (Fsp3) is 0.500. The molecule has 0 radical (unpaired) electrons. The minimum atomic E-state index is -2.49. The first-order valence-electron chi connectivity index (χ1n) is 5.54. The van der Waals surface area contributed by atoms with Crippen molar-refractivity contribution in [3.8, 4) is 0 Å². The molecule has 0 saturated carbocycles. The molecular formula is C12H15F4NO. The van der Waals surface area contributed by atoms with Crippen molar-refractivity contribution in [1.82, 2.24) is 5.32 Å². The first kappa shape index (κ1) is 14.9. The van der Waals surface area contributed by atoms with Crippen LogP contribution < -0.4 is 5.32 Å². The molecule has 0 aliphatic carbocycles. The van der Waals surface area contributed by atoms with Crippen LogP contribution in [0.4, 0.5) is 17.6 Å². The zero-order valence-corrected chi connectivity index (χ0v) is 9.93. The second-order valence-corrected chi connectivity index (χ2v) is 3.84. The Morgan fingerprint density at radius 1 is 1.17 bits per heavy atom. The highest BCUT2D eigenvalue weighted by Crippen LogP contribution is 2.15. The van der Waals surface area contributed by atoms with E-state index in [0.29, 0.717) is 12.1 Å². The van der Waals surface area contributed by atoms with Gasteiger partial charge in [0, 0.05) is 18.7 Å². The average Bonchev–Trinajstić information content (AvgIpc) is 2.26. The van der Waals surface area contributed by atoms with Crippen molar-refractivity contribution in [3.63, 3.8) is 0 Å². The number of rotatable bonds is 7. The third-order valence-corrected chi connectivity index (χ3v) is 2.33. The predicted octanol–water partition coefficient (Wildman–Crippen LogP) is 2.90. The van der Waals surface area contributed by atoms with Gasteiger partial charge in [-0.3, -0.25) is 0 Å². The van der Waals surface area contributed by atoms with Crippen LogP contribution >= 0.6 is 0 Å². The fourth-order valence-electron chi connectivity index (χ4n) is 1.46. The highest BCUT2D eigenvalue weighted by Gasteiger charge is 2.08. The van der Waals surface area contributed by atoms with Gasteiger partial charge in [-0.1, -0.05) is 0 Å². The van der Waals surface area contributed by atoms with Crippen LogP contribution in [-0.2, 0) is 4.74 Å². The molecule has 0 aliphatic heterocycles. The van der Waals surface area contributed by atoms with Crippen LogP contribution in [0.15, 0.2) is 18.2 Å². The molecule has 6 heteroatoms. The molecule has 1 aromatic rings. The van der Waals surface area contributed by atoms with Crippen LogP contribution in [0.5, 0.6) is 0 Å².